The summed E-state index contributed by atoms with van der Waals surface area (Å²) in [5.74, 6) is -1.14. The van der Waals surface area contributed by atoms with Gasteiger partial charge in [-0.3, -0.25) is 0 Å². The number of aromatic nitrogens is 1. The highest BCUT2D eigenvalue weighted by Crippen LogP contribution is 2.16. The van der Waals surface area contributed by atoms with Crippen LogP contribution in [0.4, 0.5) is 4.39 Å². The zero-order valence-corrected chi connectivity index (χ0v) is 7.46. The number of halogens is 1. The average Bonchev–Trinajstić information content (AvgIpc) is 2.12. The minimum absolute atomic E-state index is 0.212. The van der Waals surface area contributed by atoms with E-state index in [0.29, 0.717) is 6.61 Å². The van der Waals surface area contributed by atoms with Crippen LogP contribution in [0, 0.1) is 5.95 Å². The van der Waals surface area contributed by atoms with E-state index in [1.807, 2.05) is 6.92 Å². The molecule has 0 spiro atoms. The molecule has 1 aromatic rings. The summed E-state index contributed by atoms with van der Waals surface area (Å²) in [7, 11) is 0. The molecule has 0 saturated carbocycles. The number of hydrogen-bond donors (Lipinski definition) is 1. The normalized spacial score (nSPS) is 10.0. The van der Waals surface area contributed by atoms with Gasteiger partial charge < -0.3 is 9.84 Å². The van der Waals surface area contributed by atoms with E-state index in [0.717, 1.165) is 12.8 Å². The molecule has 0 bridgehead atoms. The van der Waals surface area contributed by atoms with Crippen molar-refractivity contribution in [1.29, 1.82) is 0 Å². The smallest absolute Gasteiger partial charge is 0.258 e. The minimum Gasteiger partial charge on any atom is -0.504 e. The summed E-state index contributed by atoms with van der Waals surface area (Å²) in [5, 5.41) is 8.82. The summed E-state index contributed by atoms with van der Waals surface area (Å²) in [5.41, 5.74) is 0. The Bertz CT molecular complexity index is 278. The van der Waals surface area contributed by atoms with Crippen LogP contribution in [0.25, 0.3) is 0 Å². The lowest BCUT2D eigenvalue weighted by molar-refractivity contribution is 0.290. The van der Waals surface area contributed by atoms with Gasteiger partial charge in [-0.2, -0.15) is 9.37 Å². The van der Waals surface area contributed by atoms with E-state index in [2.05, 4.69) is 4.98 Å². The third-order valence-corrected chi connectivity index (χ3v) is 1.55. The molecule has 13 heavy (non-hydrogen) atoms. The molecule has 0 aliphatic carbocycles. The van der Waals surface area contributed by atoms with E-state index in [9.17, 15) is 4.39 Å². The topological polar surface area (TPSA) is 42.4 Å². The number of hydrogen-bond acceptors (Lipinski definition) is 3. The van der Waals surface area contributed by atoms with Gasteiger partial charge >= 0.3 is 0 Å². The van der Waals surface area contributed by atoms with Gasteiger partial charge in [0.2, 0.25) is 5.88 Å². The van der Waals surface area contributed by atoms with E-state index in [-0.39, 0.29) is 5.88 Å². The molecule has 0 atom stereocenters. The molecule has 0 amide bonds. The third-order valence-electron chi connectivity index (χ3n) is 1.55. The van der Waals surface area contributed by atoms with E-state index in [4.69, 9.17) is 9.84 Å². The van der Waals surface area contributed by atoms with Gasteiger partial charge in [-0.1, -0.05) is 13.3 Å². The lowest BCUT2D eigenvalue weighted by Crippen LogP contribution is -1.99. The van der Waals surface area contributed by atoms with Crippen molar-refractivity contribution in [3.8, 4) is 11.6 Å². The number of aromatic hydroxyl groups is 1. The van der Waals surface area contributed by atoms with Crippen molar-refractivity contribution in [1.82, 2.24) is 4.98 Å². The van der Waals surface area contributed by atoms with Gasteiger partial charge in [0, 0.05) is 6.07 Å². The SMILES string of the molecule is CCCCOc1ccc(O)c(F)n1. The summed E-state index contributed by atoms with van der Waals surface area (Å²) in [6.45, 7) is 2.56. The predicted molar refractivity (Wildman–Crippen MR) is 46.3 cm³/mol. The van der Waals surface area contributed by atoms with Crippen molar-refractivity contribution in [2.45, 2.75) is 19.8 Å². The van der Waals surface area contributed by atoms with E-state index in [1.54, 1.807) is 0 Å². The van der Waals surface area contributed by atoms with Gasteiger partial charge in [-0.15, -0.1) is 0 Å². The highest BCUT2D eigenvalue weighted by Gasteiger charge is 2.03. The maximum absolute atomic E-state index is 12.6. The molecule has 0 unspecified atom stereocenters. The Morgan fingerprint density at radius 3 is 2.92 bits per heavy atom. The van der Waals surface area contributed by atoms with E-state index >= 15 is 0 Å². The molecule has 1 rings (SSSR count). The number of ether oxygens (including phenoxy) is 1. The van der Waals surface area contributed by atoms with Crippen molar-refractivity contribution in [3.63, 3.8) is 0 Å². The fraction of sp³-hybridized carbons (Fsp3) is 0.444. The zero-order valence-electron chi connectivity index (χ0n) is 7.46. The lowest BCUT2D eigenvalue weighted by Gasteiger charge is -2.03. The third kappa shape index (κ3) is 2.89. The molecular formula is C9H12FNO2. The van der Waals surface area contributed by atoms with Crippen LogP contribution in [0.15, 0.2) is 12.1 Å². The Morgan fingerprint density at radius 2 is 2.31 bits per heavy atom. The van der Waals surface area contributed by atoms with Gasteiger partial charge in [0.25, 0.3) is 5.95 Å². The maximum atomic E-state index is 12.6. The monoisotopic (exact) mass is 185 g/mol. The maximum Gasteiger partial charge on any atom is 0.258 e. The largest absolute Gasteiger partial charge is 0.504 e. The molecule has 0 aliphatic rings. The molecule has 3 nitrogen and oxygen atoms in total. The van der Waals surface area contributed by atoms with Crippen LogP contribution in [0.2, 0.25) is 0 Å². The molecular weight excluding hydrogens is 173 g/mol. The molecule has 72 valence electrons. The van der Waals surface area contributed by atoms with Crippen LogP contribution in [0.5, 0.6) is 11.6 Å². The highest BCUT2D eigenvalue weighted by atomic mass is 19.1. The number of nitrogens with zero attached hydrogens (tertiary/aromatic N) is 1. The summed E-state index contributed by atoms with van der Waals surface area (Å²) < 4.78 is 17.8. The standard InChI is InChI=1S/C9H12FNO2/c1-2-3-6-13-8-5-4-7(12)9(10)11-8/h4-5,12H,2-3,6H2,1H3. The summed E-state index contributed by atoms with van der Waals surface area (Å²) in [4.78, 5) is 3.41. The molecule has 0 aliphatic heterocycles. The Balaban J connectivity index is 2.53. The molecule has 1 N–H and O–H groups in total. The molecule has 0 radical (unpaired) electrons. The lowest BCUT2D eigenvalue weighted by atomic mass is 10.4. The molecule has 0 aromatic carbocycles. The highest BCUT2D eigenvalue weighted by molar-refractivity contribution is 5.22. The van der Waals surface area contributed by atoms with Gasteiger partial charge in [0.1, 0.15) is 0 Å². The summed E-state index contributed by atoms with van der Waals surface area (Å²) in [6, 6.07) is 2.66. The van der Waals surface area contributed by atoms with Crippen molar-refractivity contribution in [2.24, 2.45) is 0 Å². The van der Waals surface area contributed by atoms with Crippen molar-refractivity contribution < 1.29 is 14.2 Å². The van der Waals surface area contributed by atoms with Crippen molar-refractivity contribution in [3.05, 3.63) is 18.1 Å². The zero-order chi connectivity index (χ0) is 9.68. The van der Waals surface area contributed by atoms with Gasteiger partial charge in [-0.05, 0) is 12.5 Å². The van der Waals surface area contributed by atoms with Crippen LogP contribution in [0.3, 0.4) is 0 Å². The summed E-state index contributed by atoms with van der Waals surface area (Å²) in [6.07, 6.45) is 1.92. The van der Waals surface area contributed by atoms with Gasteiger partial charge in [0.05, 0.1) is 6.61 Å². The van der Waals surface area contributed by atoms with Crippen LogP contribution >= 0.6 is 0 Å². The molecule has 0 fully saturated rings. The first-order valence-corrected chi connectivity index (χ1v) is 4.22. The van der Waals surface area contributed by atoms with E-state index < -0.39 is 11.7 Å². The van der Waals surface area contributed by atoms with Crippen LogP contribution in [-0.2, 0) is 0 Å². The number of pyridine rings is 1. The molecule has 1 heterocycles. The van der Waals surface area contributed by atoms with Gasteiger partial charge in [-0.25, -0.2) is 0 Å². The summed E-state index contributed by atoms with van der Waals surface area (Å²) >= 11 is 0. The van der Waals surface area contributed by atoms with Crippen LogP contribution < -0.4 is 4.74 Å². The molecule has 0 saturated heterocycles. The first-order valence-electron chi connectivity index (χ1n) is 4.22. The Hall–Kier alpha value is -1.32. The Kier molecular flexibility index (Phi) is 3.49. The quantitative estimate of drug-likeness (QED) is 0.577. The van der Waals surface area contributed by atoms with Crippen molar-refractivity contribution >= 4 is 0 Å². The second kappa shape index (κ2) is 4.64. The molecule has 1 aromatic heterocycles. The van der Waals surface area contributed by atoms with Gasteiger partial charge in [0.15, 0.2) is 5.75 Å². The van der Waals surface area contributed by atoms with Crippen LogP contribution in [0.1, 0.15) is 19.8 Å². The fourth-order valence-electron chi connectivity index (χ4n) is 0.812. The number of rotatable bonds is 4. The first kappa shape index (κ1) is 9.77. The predicted octanol–water partition coefficient (Wildman–Crippen LogP) is 2.11. The second-order valence-corrected chi connectivity index (χ2v) is 2.66. The second-order valence-electron chi connectivity index (χ2n) is 2.66. The molecule has 4 heteroatoms. The number of unbranched alkanes of at least 4 members (excludes halogenated alkanes) is 1. The average molecular weight is 185 g/mol. The fourth-order valence-corrected chi connectivity index (χ4v) is 0.812. The Labute approximate surface area is 76.2 Å². The Morgan fingerprint density at radius 1 is 1.54 bits per heavy atom. The van der Waals surface area contributed by atoms with E-state index in [1.165, 1.54) is 12.1 Å². The first-order chi connectivity index (χ1) is 6.24. The minimum atomic E-state index is -0.894. The van der Waals surface area contributed by atoms with Crippen molar-refractivity contribution in [2.75, 3.05) is 6.61 Å². The van der Waals surface area contributed by atoms with Crippen LogP contribution in [-0.4, -0.2) is 16.7 Å².